The van der Waals surface area contributed by atoms with Crippen LogP contribution in [-0.2, 0) is 4.79 Å². The molecule has 0 spiro atoms. The maximum Gasteiger partial charge on any atom is 0.246 e. The van der Waals surface area contributed by atoms with Gasteiger partial charge in [0.1, 0.15) is 0 Å². The quantitative estimate of drug-likeness (QED) is 0.323. The number of halogens is 1. The molecule has 0 radical (unpaired) electrons. The molecular weight excluding hydrogens is 464 g/mol. The number of imidazole rings is 1. The number of H-pyrrole nitrogens is 1. The van der Waals surface area contributed by atoms with E-state index in [9.17, 15) is 4.79 Å². The Hall–Kier alpha value is -3.22. The molecule has 1 aliphatic rings. The topological polar surface area (TPSA) is 61.9 Å². The first kappa shape index (κ1) is 22.6. The Balaban J connectivity index is 1.36. The van der Waals surface area contributed by atoms with Gasteiger partial charge in [-0.3, -0.25) is 4.79 Å². The lowest BCUT2D eigenvalue weighted by Crippen LogP contribution is -2.36. The Morgan fingerprint density at radius 1 is 1.09 bits per heavy atom. The van der Waals surface area contributed by atoms with Gasteiger partial charge in [-0.15, -0.1) is 11.3 Å². The summed E-state index contributed by atoms with van der Waals surface area (Å²) >= 11 is 7.90. The third kappa shape index (κ3) is 4.98. The minimum atomic E-state index is 0.0365. The van der Waals surface area contributed by atoms with Gasteiger partial charge in [0.2, 0.25) is 5.91 Å². The highest BCUT2D eigenvalue weighted by Crippen LogP contribution is 2.41. The Kier molecular flexibility index (Phi) is 6.61. The number of nitrogens with zero attached hydrogens (tertiary/aromatic N) is 3. The number of aromatic amines is 1. The van der Waals surface area contributed by atoms with Gasteiger partial charge in [-0.1, -0.05) is 53.6 Å². The first-order valence-electron chi connectivity index (χ1n) is 11.4. The van der Waals surface area contributed by atoms with Gasteiger partial charge in [0, 0.05) is 35.7 Å². The Bertz CT molecular complexity index is 1220. The predicted molar refractivity (Wildman–Crippen MR) is 139 cm³/mol. The predicted octanol–water partition coefficient (Wildman–Crippen LogP) is 6.58. The number of hydrogen-bond donors (Lipinski definition) is 1. The molecule has 0 atom stereocenters. The standard InChI is InChI=1S/C27H25ClN4OS/c1-18-2-4-20(5-3-18)26-25(19-6-8-22(28)9-7-19)31-27(34-26)21-12-14-32(15-13-21)24(33)11-10-23-16-29-17-30-23/h2-11,16-17,21H,12-15H2,1H3,(H,29,30). The Morgan fingerprint density at radius 2 is 1.79 bits per heavy atom. The lowest BCUT2D eigenvalue weighted by atomic mass is 9.97. The molecule has 5 nitrogen and oxygen atoms in total. The summed E-state index contributed by atoms with van der Waals surface area (Å²) in [6.07, 6.45) is 8.50. The summed E-state index contributed by atoms with van der Waals surface area (Å²) in [7, 11) is 0. The van der Waals surface area contributed by atoms with Gasteiger partial charge in [0.15, 0.2) is 0 Å². The molecule has 1 fully saturated rings. The number of rotatable bonds is 5. The molecule has 4 aromatic rings. The monoisotopic (exact) mass is 488 g/mol. The van der Waals surface area contributed by atoms with Gasteiger partial charge in [-0.2, -0.15) is 0 Å². The third-order valence-electron chi connectivity index (χ3n) is 6.16. The summed E-state index contributed by atoms with van der Waals surface area (Å²) in [6, 6.07) is 16.5. The molecule has 0 bridgehead atoms. The van der Waals surface area contributed by atoms with Crippen LogP contribution in [0.4, 0.5) is 0 Å². The van der Waals surface area contributed by atoms with Crippen LogP contribution in [0.25, 0.3) is 27.8 Å². The number of aryl methyl sites for hydroxylation is 1. The number of likely N-dealkylation sites (tertiary alicyclic amines) is 1. The normalized spacial score (nSPS) is 14.7. The van der Waals surface area contributed by atoms with Crippen LogP contribution in [0, 0.1) is 6.92 Å². The zero-order valence-electron chi connectivity index (χ0n) is 18.9. The second-order valence-electron chi connectivity index (χ2n) is 8.54. The fourth-order valence-electron chi connectivity index (χ4n) is 4.19. The van der Waals surface area contributed by atoms with Gasteiger partial charge in [-0.25, -0.2) is 9.97 Å². The molecule has 0 unspecified atom stereocenters. The van der Waals surface area contributed by atoms with Gasteiger partial charge >= 0.3 is 0 Å². The fourth-order valence-corrected chi connectivity index (χ4v) is 5.57. The molecule has 0 saturated carbocycles. The van der Waals surface area contributed by atoms with Crippen LogP contribution < -0.4 is 0 Å². The van der Waals surface area contributed by atoms with Crippen LogP contribution in [0.2, 0.25) is 5.02 Å². The van der Waals surface area contributed by atoms with Crippen LogP contribution in [-0.4, -0.2) is 38.8 Å². The molecule has 1 aliphatic heterocycles. The molecular formula is C27H25ClN4OS. The Morgan fingerprint density at radius 3 is 2.47 bits per heavy atom. The van der Waals surface area contributed by atoms with E-state index in [2.05, 4.69) is 41.2 Å². The fraction of sp³-hybridized carbons (Fsp3) is 0.222. The lowest BCUT2D eigenvalue weighted by molar-refractivity contribution is -0.126. The van der Waals surface area contributed by atoms with E-state index in [1.807, 2.05) is 29.2 Å². The summed E-state index contributed by atoms with van der Waals surface area (Å²) in [6.45, 7) is 3.56. The van der Waals surface area contributed by atoms with Gasteiger partial charge in [0.05, 0.1) is 33.8 Å². The molecule has 5 rings (SSSR count). The highest BCUT2D eigenvalue weighted by atomic mass is 35.5. The molecule has 2 aromatic heterocycles. The van der Waals surface area contributed by atoms with Crippen LogP contribution in [0.5, 0.6) is 0 Å². The zero-order chi connectivity index (χ0) is 23.5. The van der Waals surface area contributed by atoms with E-state index < -0.39 is 0 Å². The summed E-state index contributed by atoms with van der Waals surface area (Å²) in [5, 5.41) is 1.86. The highest BCUT2D eigenvalue weighted by Gasteiger charge is 2.27. The molecule has 3 heterocycles. The molecule has 0 aliphatic carbocycles. The van der Waals surface area contributed by atoms with Crippen molar-refractivity contribution in [2.45, 2.75) is 25.7 Å². The molecule has 1 N–H and O–H groups in total. The molecule has 1 amide bonds. The van der Waals surface area contributed by atoms with E-state index in [4.69, 9.17) is 16.6 Å². The number of nitrogens with one attached hydrogen (secondary N) is 1. The van der Waals surface area contributed by atoms with Crippen molar-refractivity contribution in [3.63, 3.8) is 0 Å². The second kappa shape index (κ2) is 9.95. The Labute approximate surface area is 208 Å². The number of amides is 1. The number of hydrogen-bond acceptors (Lipinski definition) is 4. The number of thiazole rings is 1. The summed E-state index contributed by atoms with van der Waals surface area (Å²) in [5.74, 6) is 0.380. The van der Waals surface area contributed by atoms with E-state index >= 15 is 0 Å². The van der Waals surface area contributed by atoms with E-state index in [-0.39, 0.29) is 5.91 Å². The molecule has 1 saturated heterocycles. The van der Waals surface area contributed by atoms with Crippen molar-refractivity contribution in [3.8, 4) is 21.7 Å². The summed E-state index contributed by atoms with van der Waals surface area (Å²) in [5.41, 5.74) is 5.31. The minimum absolute atomic E-state index is 0.0365. The highest BCUT2D eigenvalue weighted by molar-refractivity contribution is 7.15. The summed E-state index contributed by atoms with van der Waals surface area (Å²) < 4.78 is 0. The molecule has 172 valence electrons. The van der Waals surface area contributed by atoms with E-state index in [1.165, 1.54) is 16.0 Å². The van der Waals surface area contributed by atoms with Gasteiger partial charge < -0.3 is 9.88 Å². The number of aromatic nitrogens is 3. The van der Waals surface area contributed by atoms with Crippen molar-refractivity contribution >= 4 is 34.9 Å². The summed E-state index contributed by atoms with van der Waals surface area (Å²) in [4.78, 5) is 27.8. The molecule has 7 heteroatoms. The maximum absolute atomic E-state index is 12.6. The van der Waals surface area contributed by atoms with E-state index in [0.29, 0.717) is 5.92 Å². The molecule has 2 aromatic carbocycles. The first-order chi connectivity index (χ1) is 16.6. The average Bonchev–Trinajstić information content (AvgIpc) is 3.54. The van der Waals surface area contributed by atoms with Crippen molar-refractivity contribution < 1.29 is 4.79 Å². The van der Waals surface area contributed by atoms with Crippen LogP contribution >= 0.6 is 22.9 Å². The number of carbonyl (C=O) groups excluding carboxylic acids is 1. The smallest absolute Gasteiger partial charge is 0.246 e. The second-order valence-corrected chi connectivity index (χ2v) is 10.0. The van der Waals surface area contributed by atoms with Crippen molar-refractivity contribution in [1.82, 2.24) is 19.9 Å². The van der Waals surface area contributed by atoms with Crippen molar-refractivity contribution in [1.29, 1.82) is 0 Å². The number of benzene rings is 2. The zero-order valence-corrected chi connectivity index (χ0v) is 20.4. The first-order valence-corrected chi connectivity index (χ1v) is 12.6. The largest absolute Gasteiger partial charge is 0.345 e. The van der Waals surface area contributed by atoms with Gasteiger partial charge in [0.25, 0.3) is 0 Å². The van der Waals surface area contributed by atoms with Crippen LogP contribution in [0.1, 0.15) is 35.0 Å². The minimum Gasteiger partial charge on any atom is -0.345 e. The SMILES string of the molecule is Cc1ccc(-c2sc(C3CCN(C(=O)C=Cc4cnc[nH]4)CC3)nc2-c2ccc(Cl)cc2)cc1. The van der Waals surface area contributed by atoms with Crippen LogP contribution in [0.3, 0.4) is 0 Å². The van der Waals surface area contributed by atoms with Crippen molar-refractivity contribution in [2.24, 2.45) is 0 Å². The number of piperidine rings is 1. The van der Waals surface area contributed by atoms with Gasteiger partial charge in [-0.05, 0) is 43.5 Å². The van der Waals surface area contributed by atoms with Crippen LogP contribution in [0.15, 0.2) is 67.1 Å². The van der Waals surface area contributed by atoms with Crippen molar-refractivity contribution in [3.05, 3.63) is 88.4 Å². The van der Waals surface area contributed by atoms with Crippen molar-refractivity contribution in [2.75, 3.05) is 13.1 Å². The molecule has 34 heavy (non-hydrogen) atoms. The van der Waals surface area contributed by atoms with E-state index in [1.54, 1.807) is 36.0 Å². The average molecular weight is 489 g/mol. The number of carbonyl (C=O) groups is 1. The van der Waals surface area contributed by atoms with E-state index in [0.717, 1.165) is 52.9 Å². The lowest BCUT2D eigenvalue weighted by Gasteiger charge is -2.30. The third-order valence-corrected chi connectivity index (χ3v) is 7.67. The maximum atomic E-state index is 12.6.